The average molecular weight is 375 g/mol. The average Bonchev–Trinajstić information content (AvgIpc) is 3.05. The molecule has 0 saturated heterocycles. The molecule has 1 aromatic heterocycles. The summed E-state index contributed by atoms with van der Waals surface area (Å²) in [4.78, 5) is 48.4. The number of carboxylic acid groups (broad SMARTS) is 1. The molecule has 144 valence electrons. The molecule has 0 aliphatic rings. The number of H-pyrrole nitrogens is 1. The van der Waals surface area contributed by atoms with E-state index in [4.69, 9.17) is 10.8 Å². The van der Waals surface area contributed by atoms with E-state index < -0.39 is 36.3 Å². The fourth-order valence-electron chi connectivity index (χ4n) is 2.41. The summed E-state index contributed by atoms with van der Waals surface area (Å²) in [7, 11) is 0. The Morgan fingerprint density at radius 1 is 1.00 bits per heavy atom. The smallest absolute Gasteiger partial charge is 0.322 e. The second kappa shape index (κ2) is 9.34. The predicted molar refractivity (Wildman–Crippen MR) is 96.6 cm³/mol. The van der Waals surface area contributed by atoms with Crippen molar-refractivity contribution in [3.05, 3.63) is 36.0 Å². The van der Waals surface area contributed by atoms with E-state index in [9.17, 15) is 19.2 Å². The number of carboxylic acids is 1. The summed E-state index contributed by atoms with van der Waals surface area (Å²) in [6.45, 7) is -1.26. The van der Waals surface area contributed by atoms with Crippen LogP contribution in [0.25, 0.3) is 10.9 Å². The summed E-state index contributed by atoms with van der Waals surface area (Å²) in [6, 6.07) is 6.80. The number of para-hydroxylation sites is 1. The van der Waals surface area contributed by atoms with Crippen molar-refractivity contribution in [1.82, 2.24) is 20.9 Å². The van der Waals surface area contributed by atoms with E-state index in [2.05, 4.69) is 20.9 Å². The number of nitrogens with two attached hydrogens (primary N) is 1. The molecule has 10 nitrogen and oxygen atoms in total. The maximum Gasteiger partial charge on any atom is 0.322 e. The number of fused-ring (bicyclic) bond motifs is 1. The Bertz CT molecular complexity index is 847. The van der Waals surface area contributed by atoms with Crippen LogP contribution in [-0.2, 0) is 25.6 Å². The lowest BCUT2D eigenvalue weighted by Crippen LogP contribution is -2.47. The maximum absolute atomic E-state index is 12.1. The summed E-state index contributed by atoms with van der Waals surface area (Å²) in [5.41, 5.74) is 7.74. The summed E-state index contributed by atoms with van der Waals surface area (Å²) >= 11 is 0. The highest BCUT2D eigenvalue weighted by molar-refractivity contribution is 5.91. The molecule has 0 radical (unpaired) electrons. The molecule has 0 saturated carbocycles. The molecular formula is C17H21N5O5. The Morgan fingerprint density at radius 2 is 1.63 bits per heavy atom. The van der Waals surface area contributed by atoms with Crippen molar-refractivity contribution in [2.45, 2.75) is 12.5 Å². The van der Waals surface area contributed by atoms with Gasteiger partial charge in [0.05, 0.1) is 19.1 Å². The lowest BCUT2D eigenvalue weighted by Gasteiger charge is -2.12. The van der Waals surface area contributed by atoms with Crippen LogP contribution in [0.3, 0.4) is 0 Å². The number of carbonyl (C=O) groups excluding carboxylic acids is 3. The normalized spacial score (nSPS) is 11.6. The molecule has 1 atom stereocenters. The molecule has 0 aliphatic heterocycles. The molecule has 0 aliphatic carbocycles. The second-order valence-corrected chi connectivity index (χ2v) is 5.84. The van der Waals surface area contributed by atoms with Crippen LogP contribution < -0.4 is 21.7 Å². The highest BCUT2D eigenvalue weighted by Crippen LogP contribution is 2.18. The molecule has 1 aromatic carbocycles. The monoisotopic (exact) mass is 375 g/mol. The maximum atomic E-state index is 12.1. The van der Waals surface area contributed by atoms with E-state index in [-0.39, 0.29) is 13.1 Å². The molecule has 0 bridgehead atoms. The van der Waals surface area contributed by atoms with Crippen LogP contribution in [0.2, 0.25) is 0 Å². The van der Waals surface area contributed by atoms with Crippen LogP contribution in [0.15, 0.2) is 30.5 Å². The van der Waals surface area contributed by atoms with Gasteiger partial charge >= 0.3 is 5.97 Å². The number of aromatic nitrogens is 1. The fourth-order valence-corrected chi connectivity index (χ4v) is 2.41. The Balaban J connectivity index is 1.73. The number of carbonyl (C=O) groups is 4. The number of amides is 3. The van der Waals surface area contributed by atoms with Gasteiger partial charge in [-0.2, -0.15) is 0 Å². The van der Waals surface area contributed by atoms with E-state index in [1.54, 1.807) is 6.20 Å². The van der Waals surface area contributed by atoms with E-state index in [0.717, 1.165) is 16.5 Å². The molecule has 0 unspecified atom stereocenters. The van der Waals surface area contributed by atoms with Crippen LogP contribution in [0.5, 0.6) is 0 Å². The molecule has 7 N–H and O–H groups in total. The zero-order chi connectivity index (χ0) is 19.8. The summed E-state index contributed by atoms with van der Waals surface area (Å²) in [5.74, 6) is -2.92. The third-order valence-electron chi connectivity index (χ3n) is 3.76. The van der Waals surface area contributed by atoms with Crippen molar-refractivity contribution in [2.24, 2.45) is 5.73 Å². The molecule has 0 fully saturated rings. The van der Waals surface area contributed by atoms with Crippen LogP contribution in [0, 0.1) is 0 Å². The van der Waals surface area contributed by atoms with Crippen LogP contribution in [0.4, 0.5) is 0 Å². The van der Waals surface area contributed by atoms with Gasteiger partial charge in [-0.3, -0.25) is 19.2 Å². The lowest BCUT2D eigenvalue weighted by atomic mass is 10.1. The Morgan fingerprint density at radius 3 is 2.33 bits per heavy atom. The summed E-state index contributed by atoms with van der Waals surface area (Å²) in [5, 5.41) is 16.2. The number of rotatable bonds is 9. The van der Waals surface area contributed by atoms with Crippen molar-refractivity contribution in [3.8, 4) is 0 Å². The van der Waals surface area contributed by atoms with E-state index in [1.807, 2.05) is 24.3 Å². The van der Waals surface area contributed by atoms with Gasteiger partial charge in [-0.1, -0.05) is 18.2 Å². The zero-order valence-corrected chi connectivity index (χ0v) is 14.5. The first-order valence-electron chi connectivity index (χ1n) is 8.20. The fraction of sp³-hybridized carbons (Fsp3) is 0.294. The molecule has 3 amide bonds. The highest BCUT2D eigenvalue weighted by Gasteiger charge is 2.17. The topological polar surface area (TPSA) is 166 Å². The zero-order valence-electron chi connectivity index (χ0n) is 14.5. The molecule has 2 rings (SSSR count). The van der Waals surface area contributed by atoms with Crippen molar-refractivity contribution < 1.29 is 24.3 Å². The van der Waals surface area contributed by atoms with E-state index >= 15 is 0 Å². The first-order chi connectivity index (χ1) is 12.9. The molecule has 27 heavy (non-hydrogen) atoms. The van der Waals surface area contributed by atoms with Gasteiger partial charge in [-0.25, -0.2) is 0 Å². The molecule has 10 heteroatoms. The van der Waals surface area contributed by atoms with Gasteiger partial charge in [-0.05, 0) is 18.1 Å². The van der Waals surface area contributed by atoms with Crippen molar-refractivity contribution >= 4 is 34.6 Å². The van der Waals surface area contributed by atoms with Crippen molar-refractivity contribution in [3.63, 3.8) is 0 Å². The van der Waals surface area contributed by atoms with Crippen LogP contribution >= 0.6 is 0 Å². The SMILES string of the molecule is N[C@@H](Cc1c[nH]c2ccccc12)C(=O)NCC(=O)NCC(=O)NCC(=O)O. The van der Waals surface area contributed by atoms with E-state index in [1.165, 1.54) is 0 Å². The predicted octanol–water partition coefficient (Wildman–Crippen LogP) is -1.53. The minimum atomic E-state index is -1.19. The first-order valence-corrected chi connectivity index (χ1v) is 8.20. The second-order valence-electron chi connectivity index (χ2n) is 5.84. The standard InChI is InChI=1S/C17H21N5O5/c18-12(5-10-6-19-13-4-2-1-3-11(10)13)17(27)22-8-15(24)20-7-14(23)21-9-16(25)26/h1-4,6,12,19H,5,7-9,18H2,(H,20,24)(H,21,23)(H,22,27)(H,25,26)/t12-/m0/s1. The summed E-state index contributed by atoms with van der Waals surface area (Å²) in [6.07, 6.45) is 2.09. The Hall–Kier alpha value is -3.40. The van der Waals surface area contributed by atoms with Gasteiger partial charge in [0.2, 0.25) is 17.7 Å². The molecule has 1 heterocycles. The Kier molecular flexibility index (Phi) is 6.89. The lowest BCUT2D eigenvalue weighted by molar-refractivity contribution is -0.137. The number of hydrogen-bond acceptors (Lipinski definition) is 5. The van der Waals surface area contributed by atoms with Crippen molar-refractivity contribution in [2.75, 3.05) is 19.6 Å². The first kappa shape index (κ1) is 19.9. The third kappa shape index (κ3) is 6.12. The Labute approximate surface area is 154 Å². The van der Waals surface area contributed by atoms with Gasteiger partial charge in [-0.15, -0.1) is 0 Å². The quantitative estimate of drug-likeness (QED) is 0.311. The largest absolute Gasteiger partial charge is 0.480 e. The number of aromatic amines is 1. The number of aliphatic carboxylic acids is 1. The molecule has 2 aromatic rings. The van der Waals surface area contributed by atoms with Gasteiger partial charge in [0.1, 0.15) is 6.54 Å². The molecular weight excluding hydrogens is 354 g/mol. The third-order valence-corrected chi connectivity index (χ3v) is 3.76. The van der Waals surface area contributed by atoms with E-state index in [0.29, 0.717) is 6.42 Å². The number of benzene rings is 1. The molecule has 0 spiro atoms. The van der Waals surface area contributed by atoms with Gasteiger partial charge in [0.25, 0.3) is 0 Å². The minimum Gasteiger partial charge on any atom is -0.480 e. The highest BCUT2D eigenvalue weighted by atomic mass is 16.4. The van der Waals surface area contributed by atoms with Gasteiger partial charge in [0.15, 0.2) is 0 Å². The van der Waals surface area contributed by atoms with Gasteiger partial charge < -0.3 is 31.8 Å². The van der Waals surface area contributed by atoms with Crippen LogP contribution in [0.1, 0.15) is 5.56 Å². The minimum absolute atomic E-state index is 0.301. The van der Waals surface area contributed by atoms with Gasteiger partial charge in [0, 0.05) is 17.1 Å². The number of hydrogen-bond donors (Lipinski definition) is 6. The van der Waals surface area contributed by atoms with Crippen molar-refractivity contribution in [1.29, 1.82) is 0 Å². The summed E-state index contributed by atoms with van der Waals surface area (Å²) < 4.78 is 0. The van der Waals surface area contributed by atoms with Crippen LogP contribution in [-0.4, -0.2) is 59.5 Å². The number of nitrogens with one attached hydrogen (secondary N) is 4.